The number of carbonyl (C=O) groups is 1. The zero-order valence-electron chi connectivity index (χ0n) is 12.8. The number of hydrogen-bond acceptors (Lipinski definition) is 3. The normalized spacial score (nSPS) is 11.1. The third kappa shape index (κ3) is 4.46. The Balaban J connectivity index is 2.22. The van der Waals surface area contributed by atoms with Crippen LogP contribution in [-0.2, 0) is 10.0 Å². The van der Waals surface area contributed by atoms with E-state index < -0.39 is 10.0 Å². The summed E-state index contributed by atoms with van der Waals surface area (Å²) in [6.45, 7) is 3.35. The van der Waals surface area contributed by atoms with Crippen LogP contribution in [0.3, 0.4) is 0 Å². The van der Waals surface area contributed by atoms with Crippen molar-refractivity contribution in [3.63, 3.8) is 0 Å². The van der Waals surface area contributed by atoms with Gasteiger partial charge in [-0.2, -0.15) is 0 Å². The summed E-state index contributed by atoms with van der Waals surface area (Å²) in [6.07, 6.45) is 0. The van der Waals surface area contributed by atoms with Gasteiger partial charge in [-0.1, -0.05) is 23.7 Å². The van der Waals surface area contributed by atoms with Gasteiger partial charge in [-0.3, -0.25) is 9.52 Å². The van der Waals surface area contributed by atoms with Crippen LogP contribution in [0.5, 0.6) is 0 Å². The van der Waals surface area contributed by atoms with Crippen LogP contribution < -0.4 is 10.0 Å². The highest BCUT2D eigenvalue weighted by Crippen LogP contribution is 2.23. The number of halogens is 1. The molecule has 0 bridgehead atoms. The molecule has 0 aromatic heterocycles. The van der Waals surface area contributed by atoms with Crippen molar-refractivity contribution in [2.75, 3.05) is 15.8 Å². The summed E-state index contributed by atoms with van der Waals surface area (Å²) in [7, 11) is -3.39. The molecule has 0 heterocycles. The van der Waals surface area contributed by atoms with Gasteiger partial charge < -0.3 is 5.32 Å². The van der Waals surface area contributed by atoms with Crippen molar-refractivity contribution in [2.24, 2.45) is 0 Å². The van der Waals surface area contributed by atoms with Crippen molar-refractivity contribution in [3.8, 4) is 0 Å². The highest BCUT2D eigenvalue weighted by Gasteiger charge is 2.12. The number of rotatable bonds is 5. The lowest BCUT2D eigenvalue weighted by Gasteiger charge is -2.11. The monoisotopic (exact) mass is 352 g/mol. The Bertz CT molecular complexity index is 835. The maximum absolute atomic E-state index is 12.3. The molecule has 0 aliphatic heterocycles. The van der Waals surface area contributed by atoms with E-state index in [0.29, 0.717) is 22.0 Å². The first-order valence-electron chi connectivity index (χ1n) is 6.99. The second-order valence-corrected chi connectivity index (χ2v) is 7.37. The molecule has 0 saturated heterocycles. The van der Waals surface area contributed by atoms with Gasteiger partial charge in [0.1, 0.15) is 0 Å². The average Bonchev–Trinajstić information content (AvgIpc) is 2.51. The number of nitrogens with one attached hydrogen (secondary N) is 2. The molecule has 2 aromatic rings. The summed E-state index contributed by atoms with van der Waals surface area (Å²) < 4.78 is 25.6. The molecular weight excluding hydrogens is 336 g/mol. The zero-order chi connectivity index (χ0) is 17.0. The summed E-state index contributed by atoms with van der Waals surface area (Å²) >= 11 is 6.03. The van der Waals surface area contributed by atoms with E-state index in [-0.39, 0.29) is 11.7 Å². The van der Waals surface area contributed by atoms with E-state index in [1.54, 1.807) is 43.3 Å². The standard InChI is InChI=1S/C16H17ClN2O3S/c1-3-23(21,22)19-13-7-4-6-12(10-13)16(20)18-15-9-5-8-14(17)11(15)2/h4-10,19H,3H2,1-2H3,(H,18,20). The summed E-state index contributed by atoms with van der Waals surface area (Å²) in [5.41, 5.74) is 2.08. The van der Waals surface area contributed by atoms with Crippen LogP contribution in [-0.4, -0.2) is 20.1 Å². The van der Waals surface area contributed by atoms with Crippen molar-refractivity contribution >= 4 is 38.9 Å². The largest absolute Gasteiger partial charge is 0.322 e. The first-order chi connectivity index (χ1) is 10.8. The molecule has 0 spiro atoms. The van der Waals surface area contributed by atoms with Crippen LogP contribution in [0.25, 0.3) is 0 Å². The minimum Gasteiger partial charge on any atom is -0.322 e. The Kier molecular flexibility index (Phi) is 5.28. The van der Waals surface area contributed by atoms with Crippen molar-refractivity contribution in [2.45, 2.75) is 13.8 Å². The van der Waals surface area contributed by atoms with Crippen LogP contribution in [0, 0.1) is 6.92 Å². The molecule has 0 radical (unpaired) electrons. The molecular formula is C16H17ClN2O3S. The smallest absolute Gasteiger partial charge is 0.255 e. The predicted molar refractivity (Wildman–Crippen MR) is 93.7 cm³/mol. The van der Waals surface area contributed by atoms with Gasteiger partial charge in [0.15, 0.2) is 0 Å². The van der Waals surface area contributed by atoms with Crippen LogP contribution >= 0.6 is 11.6 Å². The molecule has 2 rings (SSSR count). The maximum Gasteiger partial charge on any atom is 0.255 e. The van der Waals surface area contributed by atoms with Gasteiger partial charge in [-0.25, -0.2) is 8.42 Å². The first-order valence-corrected chi connectivity index (χ1v) is 9.02. The molecule has 0 atom stereocenters. The van der Waals surface area contributed by atoms with Crippen molar-refractivity contribution in [1.29, 1.82) is 0 Å². The van der Waals surface area contributed by atoms with Gasteiger partial charge in [0, 0.05) is 22.0 Å². The van der Waals surface area contributed by atoms with Crippen LogP contribution in [0.15, 0.2) is 42.5 Å². The molecule has 0 saturated carbocycles. The summed E-state index contributed by atoms with van der Waals surface area (Å²) in [6, 6.07) is 11.6. The van der Waals surface area contributed by atoms with Gasteiger partial charge in [-0.15, -0.1) is 0 Å². The number of sulfonamides is 1. The van der Waals surface area contributed by atoms with Crippen molar-refractivity contribution < 1.29 is 13.2 Å². The quantitative estimate of drug-likeness (QED) is 0.862. The van der Waals surface area contributed by atoms with Crippen LogP contribution in [0.1, 0.15) is 22.8 Å². The average molecular weight is 353 g/mol. The Morgan fingerprint density at radius 2 is 1.87 bits per heavy atom. The zero-order valence-corrected chi connectivity index (χ0v) is 14.3. The fourth-order valence-electron chi connectivity index (χ4n) is 1.91. The Morgan fingerprint density at radius 3 is 2.57 bits per heavy atom. The second kappa shape index (κ2) is 7.02. The lowest BCUT2D eigenvalue weighted by molar-refractivity contribution is 0.102. The molecule has 0 unspecified atom stereocenters. The molecule has 5 nitrogen and oxygen atoms in total. The minimum atomic E-state index is -3.39. The van der Waals surface area contributed by atoms with E-state index in [1.807, 2.05) is 6.92 Å². The minimum absolute atomic E-state index is 0.0366. The second-order valence-electron chi connectivity index (χ2n) is 4.95. The fraction of sp³-hybridized carbons (Fsp3) is 0.188. The third-order valence-electron chi connectivity index (χ3n) is 3.29. The molecule has 0 fully saturated rings. The van der Waals surface area contributed by atoms with E-state index >= 15 is 0 Å². The number of anilines is 2. The van der Waals surface area contributed by atoms with E-state index in [4.69, 9.17) is 11.6 Å². The number of hydrogen-bond donors (Lipinski definition) is 2. The van der Waals surface area contributed by atoms with E-state index in [9.17, 15) is 13.2 Å². The molecule has 0 aliphatic carbocycles. The molecule has 2 aromatic carbocycles. The summed E-state index contributed by atoms with van der Waals surface area (Å²) in [5, 5.41) is 3.33. The third-order valence-corrected chi connectivity index (χ3v) is 5.01. The summed E-state index contributed by atoms with van der Waals surface area (Å²) in [5.74, 6) is -0.376. The molecule has 23 heavy (non-hydrogen) atoms. The molecule has 122 valence electrons. The van der Waals surface area contributed by atoms with E-state index in [0.717, 1.165) is 5.56 Å². The highest BCUT2D eigenvalue weighted by molar-refractivity contribution is 7.92. The Morgan fingerprint density at radius 1 is 1.17 bits per heavy atom. The van der Waals surface area contributed by atoms with Crippen LogP contribution in [0.2, 0.25) is 5.02 Å². The van der Waals surface area contributed by atoms with Gasteiger partial charge in [0.2, 0.25) is 10.0 Å². The van der Waals surface area contributed by atoms with Gasteiger partial charge in [-0.05, 0) is 49.7 Å². The van der Waals surface area contributed by atoms with E-state index in [1.165, 1.54) is 6.07 Å². The van der Waals surface area contributed by atoms with E-state index in [2.05, 4.69) is 10.0 Å². The lowest BCUT2D eigenvalue weighted by Crippen LogP contribution is -2.16. The molecule has 2 N–H and O–H groups in total. The maximum atomic E-state index is 12.3. The number of carbonyl (C=O) groups excluding carboxylic acids is 1. The molecule has 0 aliphatic rings. The first kappa shape index (κ1) is 17.3. The Labute approximate surface area is 140 Å². The van der Waals surface area contributed by atoms with Gasteiger partial charge in [0.05, 0.1) is 5.75 Å². The number of benzene rings is 2. The predicted octanol–water partition coefficient (Wildman–Crippen LogP) is 3.66. The van der Waals surface area contributed by atoms with Crippen molar-refractivity contribution in [3.05, 3.63) is 58.6 Å². The highest BCUT2D eigenvalue weighted by atomic mass is 35.5. The van der Waals surface area contributed by atoms with Gasteiger partial charge >= 0.3 is 0 Å². The van der Waals surface area contributed by atoms with Crippen LogP contribution in [0.4, 0.5) is 11.4 Å². The van der Waals surface area contributed by atoms with Gasteiger partial charge in [0.25, 0.3) is 5.91 Å². The Hall–Kier alpha value is -2.05. The fourth-order valence-corrected chi connectivity index (χ4v) is 2.72. The molecule has 1 amide bonds. The topological polar surface area (TPSA) is 75.3 Å². The SMILES string of the molecule is CCS(=O)(=O)Nc1cccc(C(=O)Nc2cccc(Cl)c2C)c1. The number of amides is 1. The summed E-state index contributed by atoms with van der Waals surface area (Å²) in [4.78, 5) is 12.3. The van der Waals surface area contributed by atoms with Crippen molar-refractivity contribution in [1.82, 2.24) is 0 Å². The lowest BCUT2D eigenvalue weighted by atomic mass is 10.1. The molecule has 7 heteroatoms.